The Morgan fingerprint density at radius 2 is 2.22 bits per heavy atom. The molecular formula is C15H22N2O. The summed E-state index contributed by atoms with van der Waals surface area (Å²) in [5.74, 6) is 0.712. The zero-order chi connectivity index (χ0) is 13.1. The van der Waals surface area contributed by atoms with Crippen molar-refractivity contribution in [1.82, 2.24) is 10.2 Å². The van der Waals surface area contributed by atoms with E-state index in [2.05, 4.69) is 19.2 Å². The van der Waals surface area contributed by atoms with Crippen molar-refractivity contribution in [3.8, 4) is 0 Å². The third-order valence-corrected chi connectivity index (χ3v) is 3.56. The number of carbonyl (C=O) groups excluding carboxylic acids is 1. The van der Waals surface area contributed by atoms with Crippen LogP contribution < -0.4 is 5.32 Å². The van der Waals surface area contributed by atoms with Gasteiger partial charge >= 0.3 is 0 Å². The van der Waals surface area contributed by atoms with Crippen molar-refractivity contribution in [2.75, 3.05) is 19.6 Å². The Bertz CT molecular complexity index is 428. The standard InChI is InChI=1S/C15H22N2O/c1-11(2)14-10-17(8-7-16-14)15(18)13-6-4-5-12(3)9-13/h4-6,9,11,14,16H,7-8,10H2,1-3H3. The molecule has 1 amide bonds. The van der Waals surface area contributed by atoms with E-state index >= 15 is 0 Å². The smallest absolute Gasteiger partial charge is 0.253 e. The number of nitrogens with one attached hydrogen (secondary N) is 1. The third-order valence-electron chi connectivity index (χ3n) is 3.56. The quantitative estimate of drug-likeness (QED) is 0.866. The molecule has 0 saturated carbocycles. The van der Waals surface area contributed by atoms with Gasteiger partial charge in [-0.15, -0.1) is 0 Å². The number of carbonyl (C=O) groups is 1. The molecule has 1 atom stereocenters. The van der Waals surface area contributed by atoms with Crippen molar-refractivity contribution >= 4 is 5.91 Å². The largest absolute Gasteiger partial charge is 0.336 e. The normalized spacial score (nSPS) is 20.2. The van der Waals surface area contributed by atoms with E-state index in [0.717, 1.165) is 30.8 Å². The maximum absolute atomic E-state index is 12.4. The van der Waals surface area contributed by atoms with Gasteiger partial charge in [-0.2, -0.15) is 0 Å². The van der Waals surface area contributed by atoms with E-state index in [1.165, 1.54) is 0 Å². The van der Waals surface area contributed by atoms with Crippen LogP contribution in [0.1, 0.15) is 29.8 Å². The Hall–Kier alpha value is -1.35. The molecule has 1 aliphatic heterocycles. The summed E-state index contributed by atoms with van der Waals surface area (Å²) in [6, 6.07) is 8.25. The molecule has 1 unspecified atom stereocenters. The second-order valence-corrected chi connectivity index (χ2v) is 5.43. The van der Waals surface area contributed by atoms with Gasteiger partial charge in [0.15, 0.2) is 0 Å². The van der Waals surface area contributed by atoms with Crippen molar-refractivity contribution in [3.05, 3.63) is 35.4 Å². The first-order valence-electron chi connectivity index (χ1n) is 6.67. The van der Waals surface area contributed by atoms with Gasteiger partial charge in [0, 0.05) is 31.2 Å². The molecular weight excluding hydrogens is 224 g/mol. The van der Waals surface area contributed by atoms with E-state index < -0.39 is 0 Å². The highest BCUT2D eigenvalue weighted by molar-refractivity contribution is 5.94. The topological polar surface area (TPSA) is 32.3 Å². The first-order valence-corrected chi connectivity index (χ1v) is 6.67. The van der Waals surface area contributed by atoms with Crippen molar-refractivity contribution in [1.29, 1.82) is 0 Å². The SMILES string of the molecule is Cc1cccc(C(=O)N2CCNC(C(C)C)C2)c1. The van der Waals surface area contributed by atoms with Gasteiger partial charge in [0.2, 0.25) is 0 Å². The van der Waals surface area contributed by atoms with Gasteiger partial charge in [-0.05, 0) is 25.0 Å². The predicted octanol–water partition coefficient (Wildman–Crippen LogP) is 2.07. The molecule has 1 heterocycles. The number of hydrogen-bond acceptors (Lipinski definition) is 2. The number of rotatable bonds is 2. The summed E-state index contributed by atoms with van der Waals surface area (Å²) in [5.41, 5.74) is 1.94. The fourth-order valence-corrected chi connectivity index (χ4v) is 2.37. The Labute approximate surface area is 109 Å². The van der Waals surface area contributed by atoms with Crippen LogP contribution in [0.15, 0.2) is 24.3 Å². The summed E-state index contributed by atoms with van der Waals surface area (Å²) in [5, 5.41) is 3.47. The molecule has 1 saturated heterocycles. The van der Waals surface area contributed by atoms with E-state index in [-0.39, 0.29) is 5.91 Å². The highest BCUT2D eigenvalue weighted by Crippen LogP contribution is 2.13. The first-order chi connectivity index (χ1) is 8.58. The number of nitrogens with zero attached hydrogens (tertiary/aromatic N) is 1. The Balaban J connectivity index is 2.09. The van der Waals surface area contributed by atoms with E-state index in [4.69, 9.17) is 0 Å². The van der Waals surface area contributed by atoms with Crippen LogP contribution in [0.5, 0.6) is 0 Å². The maximum Gasteiger partial charge on any atom is 0.253 e. The lowest BCUT2D eigenvalue weighted by Gasteiger charge is -2.35. The highest BCUT2D eigenvalue weighted by Gasteiger charge is 2.25. The van der Waals surface area contributed by atoms with Crippen LogP contribution in [0, 0.1) is 12.8 Å². The fraction of sp³-hybridized carbons (Fsp3) is 0.533. The molecule has 3 nitrogen and oxygen atoms in total. The minimum atomic E-state index is 0.158. The van der Waals surface area contributed by atoms with E-state index in [0.29, 0.717) is 12.0 Å². The van der Waals surface area contributed by atoms with Crippen LogP contribution >= 0.6 is 0 Å². The summed E-state index contributed by atoms with van der Waals surface area (Å²) in [6.45, 7) is 8.91. The minimum absolute atomic E-state index is 0.158. The molecule has 3 heteroatoms. The van der Waals surface area contributed by atoms with Crippen molar-refractivity contribution in [2.45, 2.75) is 26.8 Å². The first kappa shape index (κ1) is 13.1. The van der Waals surface area contributed by atoms with Crippen LogP contribution in [-0.4, -0.2) is 36.5 Å². The number of hydrogen-bond donors (Lipinski definition) is 1. The highest BCUT2D eigenvalue weighted by atomic mass is 16.2. The van der Waals surface area contributed by atoms with Crippen molar-refractivity contribution in [2.24, 2.45) is 5.92 Å². The predicted molar refractivity (Wildman–Crippen MR) is 73.7 cm³/mol. The lowest BCUT2D eigenvalue weighted by Crippen LogP contribution is -2.54. The van der Waals surface area contributed by atoms with E-state index in [1.807, 2.05) is 36.1 Å². The zero-order valence-corrected chi connectivity index (χ0v) is 11.4. The zero-order valence-electron chi connectivity index (χ0n) is 11.4. The molecule has 0 bridgehead atoms. The van der Waals surface area contributed by atoms with Gasteiger partial charge in [-0.1, -0.05) is 31.5 Å². The minimum Gasteiger partial charge on any atom is -0.336 e. The number of benzene rings is 1. The molecule has 2 rings (SSSR count). The second kappa shape index (κ2) is 5.53. The van der Waals surface area contributed by atoms with Crippen LogP contribution in [0.25, 0.3) is 0 Å². The number of aryl methyl sites for hydroxylation is 1. The molecule has 1 aromatic carbocycles. The fourth-order valence-electron chi connectivity index (χ4n) is 2.37. The molecule has 18 heavy (non-hydrogen) atoms. The summed E-state index contributed by atoms with van der Waals surface area (Å²) < 4.78 is 0. The number of piperazine rings is 1. The van der Waals surface area contributed by atoms with Gasteiger partial charge in [0.1, 0.15) is 0 Å². The van der Waals surface area contributed by atoms with E-state index in [1.54, 1.807) is 0 Å². The third kappa shape index (κ3) is 2.91. The molecule has 1 aliphatic rings. The van der Waals surface area contributed by atoms with Gasteiger partial charge in [-0.25, -0.2) is 0 Å². The molecule has 0 aromatic heterocycles. The molecule has 1 fully saturated rings. The molecule has 0 spiro atoms. The van der Waals surface area contributed by atoms with Gasteiger partial charge < -0.3 is 10.2 Å². The average Bonchev–Trinajstić information content (AvgIpc) is 2.38. The summed E-state index contributed by atoms with van der Waals surface area (Å²) in [7, 11) is 0. The van der Waals surface area contributed by atoms with E-state index in [9.17, 15) is 4.79 Å². The Kier molecular flexibility index (Phi) is 4.02. The van der Waals surface area contributed by atoms with Gasteiger partial charge in [-0.3, -0.25) is 4.79 Å². The lowest BCUT2D eigenvalue weighted by molar-refractivity contribution is 0.0684. The van der Waals surface area contributed by atoms with Gasteiger partial charge in [0.25, 0.3) is 5.91 Å². The molecule has 1 N–H and O–H groups in total. The summed E-state index contributed by atoms with van der Waals surface area (Å²) in [6.07, 6.45) is 0. The Morgan fingerprint density at radius 3 is 2.89 bits per heavy atom. The monoisotopic (exact) mass is 246 g/mol. The maximum atomic E-state index is 12.4. The summed E-state index contributed by atoms with van der Waals surface area (Å²) >= 11 is 0. The van der Waals surface area contributed by atoms with Crippen LogP contribution in [-0.2, 0) is 0 Å². The summed E-state index contributed by atoms with van der Waals surface area (Å²) in [4.78, 5) is 14.4. The van der Waals surface area contributed by atoms with Crippen LogP contribution in [0.2, 0.25) is 0 Å². The molecule has 98 valence electrons. The Morgan fingerprint density at radius 1 is 1.44 bits per heavy atom. The molecule has 1 aromatic rings. The average molecular weight is 246 g/mol. The molecule has 0 aliphatic carbocycles. The van der Waals surface area contributed by atoms with Crippen molar-refractivity contribution in [3.63, 3.8) is 0 Å². The van der Waals surface area contributed by atoms with Crippen molar-refractivity contribution < 1.29 is 4.79 Å². The lowest BCUT2D eigenvalue weighted by atomic mass is 10.0. The van der Waals surface area contributed by atoms with Crippen LogP contribution in [0.3, 0.4) is 0 Å². The number of amides is 1. The second-order valence-electron chi connectivity index (χ2n) is 5.43. The van der Waals surface area contributed by atoms with Crippen LogP contribution in [0.4, 0.5) is 0 Å². The van der Waals surface area contributed by atoms with Gasteiger partial charge in [0.05, 0.1) is 0 Å². The molecule has 0 radical (unpaired) electrons.